The van der Waals surface area contributed by atoms with E-state index in [4.69, 9.17) is 9.47 Å². The van der Waals surface area contributed by atoms with Crippen LogP contribution in [0.25, 0.3) is 28.2 Å². The minimum atomic E-state index is -0.448. The Hall–Kier alpha value is -4.26. The zero-order chi connectivity index (χ0) is 21.7. The lowest BCUT2D eigenvalue weighted by atomic mass is 10.0. The van der Waals surface area contributed by atoms with E-state index in [2.05, 4.69) is 4.98 Å². The smallest absolute Gasteiger partial charge is 0.235 e. The van der Waals surface area contributed by atoms with Crippen LogP contribution in [0, 0.1) is 0 Å². The van der Waals surface area contributed by atoms with Crippen LogP contribution in [0.3, 0.4) is 0 Å². The molecule has 3 heterocycles. The number of phenols is 2. The maximum atomic E-state index is 12.8. The van der Waals surface area contributed by atoms with E-state index in [1.807, 2.05) is 48.1 Å². The normalized spacial score (nSPS) is 14.1. The van der Waals surface area contributed by atoms with Crippen LogP contribution in [0.4, 0.5) is 0 Å². The summed E-state index contributed by atoms with van der Waals surface area (Å²) in [5.41, 5.74) is 3.40. The predicted molar refractivity (Wildman–Crippen MR) is 115 cm³/mol. The first kappa shape index (κ1) is 18.7. The topological polar surface area (TPSA) is 93.8 Å². The van der Waals surface area contributed by atoms with Crippen molar-refractivity contribution in [3.05, 3.63) is 71.7 Å². The molecule has 31 heavy (non-hydrogen) atoms. The molecule has 2 aromatic carbocycles. The fourth-order valence-corrected chi connectivity index (χ4v) is 3.90. The summed E-state index contributed by atoms with van der Waals surface area (Å²) in [5.74, 6) is -0.0290. The van der Waals surface area contributed by atoms with Crippen molar-refractivity contribution in [1.82, 2.24) is 9.55 Å². The third-order valence-corrected chi connectivity index (χ3v) is 5.29. The maximum absolute atomic E-state index is 12.8. The van der Waals surface area contributed by atoms with Crippen molar-refractivity contribution in [2.24, 2.45) is 7.05 Å². The number of carbonyl (C=O) groups is 1. The lowest BCUT2D eigenvalue weighted by molar-refractivity contribution is 0.101. The average molecular weight is 414 g/mol. The Bertz CT molecular complexity index is 1400. The van der Waals surface area contributed by atoms with E-state index in [-0.39, 0.29) is 28.6 Å². The number of benzene rings is 2. The summed E-state index contributed by atoms with van der Waals surface area (Å²) in [6.07, 6.45) is 5.24. The van der Waals surface area contributed by atoms with E-state index in [9.17, 15) is 15.0 Å². The minimum absolute atomic E-state index is 0.0374. The summed E-state index contributed by atoms with van der Waals surface area (Å²) in [7, 11) is 3.50. The number of ether oxygens (including phenoxy) is 2. The van der Waals surface area contributed by atoms with Gasteiger partial charge in [-0.25, -0.2) is 4.98 Å². The number of fused-ring (bicyclic) bond motifs is 2. The highest BCUT2D eigenvalue weighted by atomic mass is 16.5. The Labute approximate surface area is 177 Å². The van der Waals surface area contributed by atoms with Gasteiger partial charge in [-0.05, 0) is 35.4 Å². The molecule has 4 aromatic rings. The van der Waals surface area contributed by atoms with Gasteiger partial charge in [-0.3, -0.25) is 4.79 Å². The molecule has 2 N–H and O–H groups in total. The zero-order valence-corrected chi connectivity index (χ0v) is 16.8. The van der Waals surface area contributed by atoms with Gasteiger partial charge < -0.3 is 24.3 Å². The van der Waals surface area contributed by atoms with Crippen LogP contribution in [-0.2, 0) is 7.05 Å². The van der Waals surface area contributed by atoms with Gasteiger partial charge >= 0.3 is 0 Å². The van der Waals surface area contributed by atoms with Gasteiger partial charge in [-0.1, -0.05) is 12.1 Å². The number of allylic oxidation sites excluding steroid dienone is 1. The summed E-state index contributed by atoms with van der Waals surface area (Å²) in [6.45, 7) is 0. The SMILES string of the molecule is COc1cccc(-c2ccnc3c2c(C=C2Oc4cc(O)cc(O)c4C2=O)cn3C)c1. The number of phenolic OH excluding ortho intramolecular Hbond substituents is 2. The molecule has 0 bridgehead atoms. The Morgan fingerprint density at radius 1 is 1.16 bits per heavy atom. The van der Waals surface area contributed by atoms with Gasteiger partial charge in [0.2, 0.25) is 5.78 Å². The predicted octanol–water partition coefficient (Wildman–Crippen LogP) is 4.28. The Morgan fingerprint density at radius 2 is 2.00 bits per heavy atom. The van der Waals surface area contributed by atoms with Gasteiger partial charge in [0.25, 0.3) is 0 Å². The van der Waals surface area contributed by atoms with Crippen LogP contribution in [-0.4, -0.2) is 32.7 Å². The highest BCUT2D eigenvalue weighted by molar-refractivity contribution is 6.17. The first-order valence-electron chi connectivity index (χ1n) is 9.55. The molecule has 0 aliphatic carbocycles. The van der Waals surface area contributed by atoms with Crippen LogP contribution in [0.5, 0.6) is 23.0 Å². The second-order valence-electron chi connectivity index (χ2n) is 7.26. The van der Waals surface area contributed by atoms with Crippen LogP contribution in [0.2, 0.25) is 0 Å². The first-order valence-corrected chi connectivity index (χ1v) is 9.55. The van der Waals surface area contributed by atoms with Crippen molar-refractivity contribution < 1.29 is 24.5 Å². The first-order chi connectivity index (χ1) is 15.0. The number of ketones is 1. The zero-order valence-electron chi connectivity index (χ0n) is 16.8. The number of Topliss-reactive ketones (excluding diaryl/α,β-unsaturated/α-hetero) is 1. The largest absolute Gasteiger partial charge is 0.508 e. The van der Waals surface area contributed by atoms with E-state index in [0.29, 0.717) is 0 Å². The van der Waals surface area contributed by atoms with Crippen molar-refractivity contribution in [2.45, 2.75) is 0 Å². The summed E-state index contributed by atoms with van der Waals surface area (Å²) in [6, 6.07) is 12.0. The molecule has 0 fully saturated rings. The molecule has 0 amide bonds. The van der Waals surface area contributed by atoms with Gasteiger partial charge in [0.15, 0.2) is 5.76 Å². The standard InChI is InChI=1S/C24H18N2O5/c1-26-12-14(9-20-23(29)22-18(28)10-15(27)11-19(22)31-20)21-17(6-7-25-24(21)26)13-4-3-5-16(8-13)30-2/h3-12,27-28H,1-2H3. The number of hydrogen-bond acceptors (Lipinski definition) is 6. The molecule has 0 spiro atoms. The van der Waals surface area contributed by atoms with Gasteiger partial charge in [-0.15, -0.1) is 0 Å². The van der Waals surface area contributed by atoms with Gasteiger partial charge in [0, 0.05) is 42.5 Å². The van der Waals surface area contributed by atoms with Crippen molar-refractivity contribution in [3.8, 4) is 34.1 Å². The van der Waals surface area contributed by atoms with Gasteiger partial charge in [-0.2, -0.15) is 0 Å². The lowest BCUT2D eigenvalue weighted by Crippen LogP contribution is -1.98. The summed E-state index contributed by atoms with van der Waals surface area (Å²) >= 11 is 0. The number of aromatic nitrogens is 2. The molecule has 5 rings (SSSR count). The Morgan fingerprint density at radius 3 is 2.81 bits per heavy atom. The molecule has 0 unspecified atom stereocenters. The Kier molecular flexibility index (Phi) is 4.18. The monoisotopic (exact) mass is 414 g/mol. The molecule has 0 atom stereocenters. The molecule has 0 saturated carbocycles. The number of aryl methyl sites for hydroxylation is 1. The molecular formula is C24H18N2O5. The molecule has 0 saturated heterocycles. The van der Waals surface area contributed by atoms with Crippen molar-refractivity contribution in [3.63, 3.8) is 0 Å². The maximum Gasteiger partial charge on any atom is 0.235 e. The van der Waals surface area contributed by atoms with Gasteiger partial charge in [0.1, 0.15) is 34.2 Å². The van der Waals surface area contributed by atoms with Crippen LogP contribution < -0.4 is 9.47 Å². The van der Waals surface area contributed by atoms with Crippen molar-refractivity contribution >= 4 is 22.9 Å². The molecular weight excluding hydrogens is 396 g/mol. The molecule has 7 nitrogen and oxygen atoms in total. The van der Waals surface area contributed by atoms with Crippen molar-refractivity contribution in [2.75, 3.05) is 7.11 Å². The molecule has 1 aliphatic rings. The number of hydrogen-bond donors (Lipinski definition) is 2. The number of nitrogens with zero attached hydrogens (tertiary/aromatic N) is 2. The average Bonchev–Trinajstić information content (AvgIpc) is 3.24. The highest BCUT2D eigenvalue weighted by Gasteiger charge is 2.31. The fourth-order valence-electron chi connectivity index (χ4n) is 3.90. The molecule has 1 aliphatic heterocycles. The quantitative estimate of drug-likeness (QED) is 0.486. The second kappa shape index (κ2) is 6.91. The molecule has 154 valence electrons. The summed E-state index contributed by atoms with van der Waals surface area (Å²) in [5, 5.41) is 20.6. The van der Waals surface area contributed by atoms with E-state index in [1.165, 1.54) is 6.07 Å². The number of rotatable bonds is 3. The van der Waals surface area contributed by atoms with Crippen LogP contribution >= 0.6 is 0 Å². The highest BCUT2D eigenvalue weighted by Crippen LogP contribution is 2.41. The van der Waals surface area contributed by atoms with Crippen LogP contribution in [0.15, 0.2) is 60.6 Å². The number of pyridine rings is 1. The second-order valence-corrected chi connectivity index (χ2v) is 7.26. The van der Waals surface area contributed by atoms with Gasteiger partial charge in [0.05, 0.1) is 7.11 Å². The number of aromatic hydroxyl groups is 2. The van der Waals surface area contributed by atoms with Crippen LogP contribution in [0.1, 0.15) is 15.9 Å². The lowest BCUT2D eigenvalue weighted by Gasteiger charge is -2.07. The van der Waals surface area contributed by atoms with E-state index in [0.717, 1.165) is 39.5 Å². The number of carbonyl (C=O) groups excluding carboxylic acids is 1. The molecule has 7 heteroatoms. The third-order valence-electron chi connectivity index (χ3n) is 5.29. The van der Waals surface area contributed by atoms with Crippen molar-refractivity contribution in [1.29, 1.82) is 0 Å². The third kappa shape index (κ3) is 2.98. The molecule has 0 radical (unpaired) electrons. The van der Waals surface area contributed by atoms with E-state index in [1.54, 1.807) is 19.4 Å². The number of methoxy groups -OCH3 is 1. The van der Waals surface area contributed by atoms with E-state index < -0.39 is 5.78 Å². The molecule has 2 aromatic heterocycles. The minimum Gasteiger partial charge on any atom is -0.508 e. The van der Waals surface area contributed by atoms with E-state index >= 15 is 0 Å². The summed E-state index contributed by atoms with van der Waals surface area (Å²) in [4.78, 5) is 17.3. The fraction of sp³-hybridized carbons (Fsp3) is 0.0833. The summed E-state index contributed by atoms with van der Waals surface area (Å²) < 4.78 is 12.9. The Balaban J connectivity index is 1.68.